The summed E-state index contributed by atoms with van der Waals surface area (Å²) in [6.07, 6.45) is -10.2. The van der Waals surface area contributed by atoms with Crippen LogP contribution in [0.15, 0.2) is 40.9 Å². The van der Waals surface area contributed by atoms with Gasteiger partial charge in [-0.15, -0.1) is 0 Å². The number of alkyl halides is 3. The number of fused-ring (bicyclic) bond motifs is 3. The van der Waals surface area contributed by atoms with Crippen molar-refractivity contribution in [2.45, 2.75) is 106 Å². The monoisotopic (exact) mass is 763 g/mol. The largest absolute Gasteiger partial charge is 0.479 e. The minimum atomic E-state index is -4.58. The van der Waals surface area contributed by atoms with Gasteiger partial charge in [0, 0.05) is 29.1 Å². The number of aliphatic carboxylic acids is 1. The maximum Gasteiger partial charge on any atom is 0.417 e. The van der Waals surface area contributed by atoms with Gasteiger partial charge >= 0.3 is 18.1 Å². The second-order valence-electron chi connectivity index (χ2n) is 13.8. The first-order chi connectivity index (χ1) is 25.3. The number of aromatic nitrogens is 2. The highest BCUT2D eigenvalue weighted by Gasteiger charge is 2.49. The number of halogens is 4. The average Bonchev–Trinajstić information content (AvgIpc) is 3.63. The molecule has 8 rings (SSSR count). The van der Waals surface area contributed by atoms with E-state index in [1.165, 1.54) is 24.3 Å². The molecular formula is C35H33F4N3O10S. The van der Waals surface area contributed by atoms with Gasteiger partial charge in [0.05, 0.1) is 28.5 Å². The molecule has 4 fully saturated rings. The van der Waals surface area contributed by atoms with Crippen molar-refractivity contribution in [3.63, 3.8) is 0 Å². The second kappa shape index (κ2) is 13.6. The summed E-state index contributed by atoms with van der Waals surface area (Å²) in [7, 11) is 0. The van der Waals surface area contributed by atoms with Crippen molar-refractivity contribution < 1.29 is 66.3 Å². The van der Waals surface area contributed by atoms with E-state index >= 15 is 4.39 Å². The number of carboxylic acids is 1. The van der Waals surface area contributed by atoms with Gasteiger partial charge in [-0.2, -0.15) is 13.2 Å². The molecule has 2 bridgehead atoms. The Morgan fingerprint density at radius 3 is 2.40 bits per heavy atom. The number of anilines is 1. The lowest BCUT2D eigenvalue weighted by molar-refractivity contribution is -0.278. The van der Waals surface area contributed by atoms with Gasteiger partial charge in [0.2, 0.25) is 6.29 Å². The quantitative estimate of drug-likeness (QED) is 0.135. The number of aliphatic hydroxyl groups excluding tert-OH is 3. The number of thiazole rings is 1. The molecule has 1 aliphatic carbocycles. The van der Waals surface area contributed by atoms with Crippen LogP contribution in [0.3, 0.4) is 0 Å². The van der Waals surface area contributed by atoms with Crippen LogP contribution in [0, 0.1) is 5.82 Å². The standard InChI is InChI=1S/C35H33F4N3O10S/c36-22-9-15(32(48)51-33-28(45)26(43)27(44)30(50-33)31(46)47)10-23-25(22)40-34(53-23)42-16-7-8-17(42)12-18(11-16)49-13-20-24(41-52-29(20)14-5-6-14)19-3-1-2-4-21(19)35(37,38)39/h1-4,9-10,14,16-18,26-28,30,33,43-45H,5-8,11-13H2,(H,46,47)/t16-,17+,18?,26-,27-,28+,30-,33-/m0/s1. The number of hydrogen-bond acceptors (Lipinski definition) is 13. The number of nitrogens with zero attached hydrogens (tertiary/aromatic N) is 3. The lowest BCUT2D eigenvalue weighted by atomic mass is 9.98. The van der Waals surface area contributed by atoms with E-state index in [-0.39, 0.29) is 53.0 Å². The van der Waals surface area contributed by atoms with Crippen molar-refractivity contribution >= 4 is 38.6 Å². The van der Waals surface area contributed by atoms with E-state index in [2.05, 4.69) is 15.0 Å². The number of esters is 1. The molecule has 2 aromatic carbocycles. The maximum absolute atomic E-state index is 15.4. The molecule has 1 saturated carbocycles. The zero-order valence-electron chi connectivity index (χ0n) is 27.6. The summed E-state index contributed by atoms with van der Waals surface area (Å²) in [4.78, 5) is 31.0. The number of ether oxygens (including phenoxy) is 3. The van der Waals surface area contributed by atoms with Crippen LogP contribution in [0.4, 0.5) is 22.7 Å². The van der Waals surface area contributed by atoms with E-state index < -0.39 is 60.2 Å². The minimum Gasteiger partial charge on any atom is -0.479 e. The Balaban J connectivity index is 0.969. The highest BCUT2D eigenvalue weighted by Crippen LogP contribution is 2.47. The third-order valence-corrected chi connectivity index (χ3v) is 11.4. The fourth-order valence-corrected chi connectivity index (χ4v) is 8.74. The highest BCUT2D eigenvalue weighted by molar-refractivity contribution is 7.22. The van der Waals surface area contributed by atoms with Gasteiger partial charge in [-0.1, -0.05) is 34.7 Å². The molecule has 282 valence electrons. The lowest BCUT2D eigenvalue weighted by Gasteiger charge is -2.38. The second-order valence-corrected chi connectivity index (χ2v) is 14.8. The third-order valence-electron chi connectivity index (χ3n) is 10.3. The predicted octanol–water partition coefficient (Wildman–Crippen LogP) is 4.75. The number of carboxylic acid groups (broad SMARTS) is 1. The van der Waals surface area contributed by atoms with E-state index in [0.29, 0.717) is 34.0 Å². The molecule has 5 heterocycles. The van der Waals surface area contributed by atoms with Crippen LogP contribution in [0.25, 0.3) is 21.5 Å². The summed E-state index contributed by atoms with van der Waals surface area (Å²) in [6.45, 7) is 0.0334. The summed E-state index contributed by atoms with van der Waals surface area (Å²) < 4.78 is 79.5. The summed E-state index contributed by atoms with van der Waals surface area (Å²) in [5, 5.41) is 44.0. The number of carbonyl (C=O) groups is 2. The maximum atomic E-state index is 15.4. The molecule has 0 radical (unpaired) electrons. The van der Waals surface area contributed by atoms with Crippen molar-refractivity contribution in [1.29, 1.82) is 0 Å². The molecule has 4 aromatic rings. The van der Waals surface area contributed by atoms with Crippen LogP contribution in [-0.4, -0.2) is 91.4 Å². The van der Waals surface area contributed by atoms with Crippen LogP contribution < -0.4 is 4.90 Å². The Kier molecular flexibility index (Phi) is 9.18. The molecule has 4 N–H and O–H groups in total. The predicted molar refractivity (Wildman–Crippen MR) is 175 cm³/mol. The van der Waals surface area contributed by atoms with E-state index in [1.54, 1.807) is 0 Å². The van der Waals surface area contributed by atoms with Crippen molar-refractivity contribution in [1.82, 2.24) is 10.1 Å². The van der Waals surface area contributed by atoms with Gasteiger partial charge in [-0.05, 0) is 56.7 Å². The summed E-state index contributed by atoms with van der Waals surface area (Å²) in [5.41, 5.74) is -0.470. The number of rotatable bonds is 9. The van der Waals surface area contributed by atoms with Crippen LogP contribution >= 0.6 is 11.3 Å². The Labute approximate surface area is 301 Å². The normalized spacial score (nSPS) is 28.8. The Morgan fingerprint density at radius 1 is 1.00 bits per heavy atom. The average molecular weight is 764 g/mol. The smallest absolute Gasteiger partial charge is 0.417 e. The zero-order chi connectivity index (χ0) is 37.3. The molecule has 1 unspecified atom stereocenters. The highest BCUT2D eigenvalue weighted by atomic mass is 32.1. The molecule has 8 atom stereocenters. The number of aliphatic hydroxyl groups is 3. The first kappa shape index (κ1) is 35.8. The first-order valence-electron chi connectivity index (χ1n) is 17.1. The van der Waals surface area contributed by atoms with Gasteiger partial charge in [-0.25, -0.2) is 19.0 Å². The zero-order valence-corrected chi connectivity index (χ0v) is 28.4. The van der Waals surface area contributed by atoms with Crippen molar-refractivity contribution in [3.8, 4) is 11.3 Å². The van der Waals surface area contributed by atoms with E-state index in [1.807, 2.05) is 0 Å². The third kappa shape index (κ3) is 6.65. The molecule has 0 spiro atoms. The molecule has 0 amide bonds. The van der Waals surface area contributed by atoms with Crippen LogP contribution in [-0.2, 0) is 31.8 Å². The molecule has 3 saturated heterocycles. The minimum absolute atomic E-state index is 0.0171. The van der Waals surface area contributed by atoms with Crippen molar-refractivity contribution in [2.75, 3.05) is 4.90 Å². The number of hydrogen-bond donors (Lipinski definition) is 4. The van der Waals surface area contributed by atoms with Gasteiger partial charge in [-0.3, -0.25) is 0 Å². The molecule has 4 aliphatic rings. The molecule has 18 heteroatoms. The van der Waals surface area contributed by atoms with Gasteiger partial charge in [0.15, 0.2) is 17.1 Å². The van der Waals surface area contributed by atoms with Crippen LogP contribution in [0.2, 0.25) is 0 Å². The van der Waals surface area contributed by atoms with Crippen molar-refractivity contribution in [3.05, 3.63) is 64.7 Å². The first-order valence-corrected chi connectivity index (χ1v) is 17.9. The summed E-state index contributed by atoms with van der Waals surface area (Å²) >= 11 is 1.16. The molecule has 53 heavy (non-hydrogen) atoms. The molecular weight excluding hydrogens is 730 g/mol. The molecule has 3 aliphatic heterocycles. The van der Waals surface area contributed by atoms with Crippen molar-refractivity contribution in [2.24, 2.45) is 0 Å². The fourth-order valence-electron chi connectivity index (χ4n) is 7.58. The van der Waals surface area contributed by atoms with E-state index in [0.717, 1.165) is 49.2 Å². The van der Waals surface area contributed by atoms with E-state index in [9.17, 15) is 43.2 Å². The van der Waals surface area contributed by atoms with E-state index in [4.69, 9.17) is 18.7 Å². The molecule has 2 aromatic heterocycles. The Bertz CT molecular complexity index is 2040. The summed E-state index contributed by atoms with van der Waals surface area (Å²) in [5.74, 6) is -3.00. The number of benzene rings is 2. The van der Waals surface area contributed by atoms with Crippen LogP contribution in [0.1, 0.15) is 71.7 Å². The SMILES string of the molecule is O=C(O[C@@H]1O[C@H](C(=O)O)[C@@H](O)[C@H](O)[C@H]1O)c1cc(F)c2nc(N3[C@@H]4CC[C@H]3CC(OCc3c(-c5ccccc5C(F)(F)F)noc3C3CC3)C4)sc2c1. The summed E-state index contributed by atoms with van der Waals surface area (Å²) in [6, 6.07) is 7.47. The number of carbonyl (C=O) groups excluding carboxylic acids is 1. The lowest BCUT2D eigenvalue weighted by Crippen LogP contribution is -2.60. The number of piperidine rings is 1. The topological polar surface area (TPSA) is 185 Å². The van der Waals surface area contributed by atoms with Crippen LogP contribution in [0.5, 0.6) is 0 Å². The van der Waals surface area contributed by atoms with Gasteiger partial charge in [0.1, 0.15) is 35.3 Å². The molecule has 13 nitrogen and oxygen atoms in total. The van der Waals surface area contributed by atoms with Gasteiger partial charge in [0.25, 0.3) is 0 Å². The van der Waals surface area contributed by atoms with Gasteiger partial charge < -0.3 is 44.1 Å². The Hall–Kier alpha value is -4.20. The Morgan fingerprint density at radius 2 is 1.72 bits per heavy atom. The fraction of sp³-hybridized carbons (Fsp3) is 0.486.